The van der Waals surface area contributed by atoms with Crippen molar-refractivity contribution in [1.82, 2.24) is 21.1 Å². The number of aliphatic imine (C=N–C) groups is 1. The van der Waals surface area contributed by atoms with Crippen LogP contribution in [0.1, 0.15) is 74.3 Å². The van der Waals surface area contributed by atoms with Gasteiger partial charge in [0.15, 0.2) is 11.7 Å². The molecule has 0 aliphatic heterocycles. The normalized spacial score (nSPS) is 12.7. The molecule has 0 aliphatic carbocycles. The van der Waals surface area contributed by atoms with Gasteiger partial charge in [0.2, 0.25) is 0 Å². The van der Waals surface area contributed by atoms with Crippen LogP contribution in [-0.2, 0) is 13.1 Å². The third-order valence-electron chi connectivity index (χ3n) is 4.54. The molecular formula is C22H33N5O2. The van der Waals surface area contributed by atoms with Crippen LogP contribution in [0.25, 0.3) is 0 Å². The van der Waals surface area contributed by atoms with Crippen molar-refractivity contribution in [2.45, 2.75) is 66.1 Å². The van der Waals surface area contributed by atoms with Crippen LogP contribution < -0.4 is 16.0 Å². The van der Waals surface area contributed by atoms with Gasteiger partial charge in [-0.25, -0.2) is 4.99 Å². The smallest absolute Gasteiger partial charge is 0.251 e. The molecular weight excluding hydrogens is 366 g/mol. The Morgan fingerprint density at radius 2 is 1.97 bits per heavy atom. The quantitative estimate of drug-likeness (QED) is 0.443. The van der Waals surface area contributed by atoms with Crippen LogP contribution in [0.2, 0.25) is 0 Å². The Morgan fingerprint density at radius 3 is 2.62 bits per heavy atom. The summed E-state index contributed by atoms with van der Waals surface area (Å²) in [6.07, 6.45) is 0.900. The van der Waals surface area contributed by atoms with E-state index in [1.807, 2.05) is 51.1 Å². The van der Waals surface area contributed by atoms with Gasteiger partial charge in [-0.15, -0.1) is 0 Å². The molecule has 3 N–H and O–H groups in total. The van der Waals surface area contributed by atoms with E-state index in [1.165, 1.54) is 0 Å². The number of guanidine groups is 1. The van der Waals surface area contributed by atoms with Crippen molar-refractivity contribution in [2.24, 2.45) is 4.99 Å². The molecule has 29 heavy (non-hydrogen) atoms. The van der Waals surface area contributed by atoms with Crippen LogP contribution in [0.5, 0.6) is 0 Å². The van der Waals surface area contributed by atoms with Crippen LogP contribution in [0, 0.1) is 0 Å². The summed E-state index contributed by atoms with van der Waals surface area (Å²) in [5.41, 5.74) is 2.57. The molecule has 0 bridgehead atoms. The first kappa shape index (κ1) is 22.5. The lowest BCUT2D eigenvalue weighted by Gasteiger charge is -2.12. The van der Waals surface area contributed by atoms with Crippen LogP contribution in [0.3, 0.4) is 0 Å². The molecule has 158 valence electrons. The summed E-state index contributed by atoms with van der Waals surface area (Å²) in [6, 6.07) is 9.68. The van der Waals surface area contributed by atoms with Crippen molar-refractivity contribution in [2.75, 3.05) is 6.54 Å². The second-order valence-corrected chi connectivity index (χ2v) is 7.40. The Kier molecular flexibility index (Phi) is 8.70. The van der Waals surface area contributed by atoms with Gasteiger partial charge in [-0.1, -0.05) is 38.1 Å². The van der Waals surface area contributed by atoms with Crippen molar-refractivity contribution in [3.63, 3.8) is 0 Å². The van der Waals surface area contributed by atoms with Gasteiger partial charge in [0, 0.05) is 24.2 Å². The molecule has 0 fully saturated rings. The molecule has 2 rings (SSSR count). The molecule has 0 saturated carbocycles. The van der Waals surface area contributed by atoms with Gasteiger partial charge in [-0.05, 0) is 43.9 Å². The minimum absolute atomic E-state index is 0.0542. The molecule has 1 amide bonds. The number of carbonyl (C=O) groups excluding carboxylic acids is 1. The molecule has 0 spiro atoms. The van der Waals surface area contributed by atoms with E-state index >= 15 is 0 Å². The molecule has 0 saturated heterocycles. The maximum Gasteiger partial charge on any atom is 0.251 e. The van der Waals surface area contributed by atoms with Crippen LogP contribution >= 0.6 is 0 Å². The largest absolute Gasteiger partial charge is 0.359 e. The average molecular weight is 400 g/mol. The topological polar surface area (TPSA) is 91.5 Å². The van der Waals surface area contributed by atoms with E-state index in [2.05, 4.69) is 39.9 Å². The number of nitrogens with zero attached hydrogens (tertiary/aromatic N) is 2. The Balaban J connectivity index is 2.00. The second kappa shape index (κ2) is 11.2. The van der Waals surface area contributed by atoms with Gasteiger partial charge in [0.1, 0.15) is 0 Å². The number of hydrogen-bond acceptors (Lipinski definition) is 4. The summed E-state index contributed by atoms with van der Waals surface area (Å²) in [7, 11) is 0. The van der Waals surface area contributed by atoms with E-state index in [0.717, 1.165) is 30.0 Å². The summed E-state index contributed by atoms with van der Waals surface area (Å²) < 4.78 is 5.36. The highest BCUT2D eigenvalue weighted by Crippen LogP contribution is 2.13. The summed E-state index contributed by atoms with van der Waals surface area (Å²) in [4.78, 5) is 16.9. The molecule has 1 heterocycles. The third kappa shape index (κ3) is 7.25. The van der Waals surface area contributed by atoms with Gasteiger partial charge in [-0.2, -0.15) is 0 Å². The van der Waals surface area contributed by atoms with Gasteiger partial charge in [-0.3, -0.25) is 4.79 Å². The summed E-state index contributed by atoms with van der Waals surface area (Å²) in [5.74, 6) is 1.73. The highest BCUT2D eigenvalue weighted by Gasteiger charge is 2.10. The van der Waals surface area contributed by atoms with Crippen LogP contribution in [-0.4, -0.2) is 29.6 Å². The zero-order valence-corrected chi connectivity index (χ0v) is 18.1. The van der Waals surface area contributed by atoms with Gasteiger partial charge in [0.25, 0.3) is 5.91 Å². The lowest BCUT2D eigenvalue weighted by Crippen LogP contribution is -2.36. The predicted molar refractivity (Wildman–Crippen MR) is 116 cm³/mol. The molecule has 0 aliphatic rings. The third-order valence-corrected chi connectivity index (χ3v) is 4.54. The van der Waals surface area contributed by atoms with E-state index in [-0.39, 0.29) is 11.9 Å². The van der Waals surface area contributed by atoms with E-state index in [9.17, 15) is 4.79 Å². The molecule has 1 unspecified atom stereocenters. The number of aromatic nitrogens is 1. The molecule has 1 atom stereocenters. The molecule has 7 heteroatoms. The summed E-state index contributed by atoms with van der Waals surface area (Å²) >= 11 is 0. The monoisotopic (exact) mass is 399 g/mol. The number of benzene rings is 1. The molecule has 1 aromatic heterocycles. The minimum atomic E-state index is -0.0542. The lowest BCUT2D eigenvalue weighted by atomic mass is 10.1. The van der Waals surface area contributed by atoms with E-state index in [0.29, 0.717) is 30.5 Å². The van der Waals surface area contributed by atoms with Crippen LogP contribution in [0.15, 0.2) is 39.8 Å². The van der Waals surface area contributed by atoms with Crippen molar-refractivity contribution in [3.05, 3.63) is 52.9 Å². The second-order valence-electron chi connectivity index (χ2n) is 7.40. The number of nitrogens with one attached hydrogen (secondary N) is 3. The number of rotatable bonds is 9. The van der Waals surface area contributed by atoms with Crippen molar-refractivity contribution < 1.29 is 9.32 Å². The Hall–Kier alpha value is -2.83. The van der Waals surface area contributed by atoms with E-state index < -0.39 is 0 Å². The number of amides is 1. The van der Waals surface area contributed by atoms with E-state index in [1.54, 1.807) is 0 Å². The average Bonchev–Trinajstić information content (AvgIpc) is 3.19. The Labute approximate surface area is 173 Å². The molecule has 1 aromatic carbocycles. The molecule has 0 radical (unpaired) electrons. The first-order valence-electron chi connectivity index (χ1n) is 10.3. The zero-order valence-electron chi connectivity index (χ0n) is 18.1. The van der Waals surface area contributed by atoms with Gasteiger partial charge < -0.3 is 20.5 Å². The fourth-order valence-electron chi connectivity index (χ4n) is 2.59. The maximum absolute atomic E-state index is 12.3. The first-order valence-corrected chi connectivity index (χ1v) is 10.3. The SMILES string of the molecule is CCNC(=NCc1cccc(C(=O)NC(C)CC)c1)NCc1cc(C(C)C)no1. The molecule has 7 nitrogen and oxygen atoms in total. The van der Waals surface area contributed by atoms with Crippen LogP contribution in [0.4, 0.5) is 0 Å². The first-order chi connectivity index (χ1) is 13.9. The molecule has 2 aromatic rings. The fraction of sp³-hybridized carbons (Fsp3) is 0.500. The number of hydrogen-bond donors (Lipinski definition) is 3. The van der Waals surface area contributed by atoms with Gasteiger partial charge in [0.05, 0.1) is 18.8 Å². The van der Waals surface area contributed by atoms with Crippen molar-refractivity contribution in [1.29, 1.82) is 0 Å². The predicted octanol–water partition coefficient (Wildman–Crippen LogP) is 3.58. The fourth-order valence-corrected chi connectivity index (χ4v) is 2.59. The van der Waals surface area contributed by atoms with Crippen molar-refractivity contribution >= 4 is 11.9 Å². The summed E-state index contributed by atoms with van der Waals surface area (Å²) in [6.45, 7) is 11.9. The zero-order chi connectivity index (χ0) is 21.2. The highest BCUT2D eigenvalue weighted by molar-refractivity contribution is 5.94. The Bertz CT molecular complexity index is 813. The van der Waals surface area contributed by atoms with E-state index in [4.69, 9.17) is 4.52 Å². The van der Waals surface area contributed by atoms with Gasteiger partial charge >= 0.3 is 0 Å². The Morgan fingerprint density at radius 1 is 1.17 bits per heavy atom. The number of carbonyl (C=O) groups is 1. The standard InChI is InChI=1S/C22H33N5O2/c1-6-16(5)26-21(28)18-10-8-9-17(11-18)13-24-22(23-7-2)25-14-19-12-20(15(3)4)27-29-19/h8-12,15-16H,6-7,13-14H2,1-5H3,(H,26,28)(H2,23,24,25). The minimum Gasteiger partial charge on any atom is -0.359 e. The summed E-state index contributed by atoms with van der Waals surface area (Å²) in [5, 5.41) is 13.5. The van der Waals surface area contributed by atoms with Crippen molar-refractivity contribution in [3.8, 4) is 0 Å². The lowest BCUT2D eigenvalue weighted by molar-refractivity contribution is 0.0939. The highest BCUT2D eigenvalue weighted by atomic mass is 16.5. The maximum atomic E-state index is 12.3.